The Bertz CT molecular complexity index is 607. The van der Waals surface area contributed by atoms with Crippen LogP contribution in [0.1, 0.15) is 12.8 Å². The third kappa shape index (κ3) is 2.68. The maximum Gasteiger partial charge on any atom is 0.241 e. The van der Waals surface area contributed by atoms with E-state index in [0.29, 0.717) is 5.13 Å². The fourth-order valence-corrected chi connectivity index (χ4v) is 3.09. The van der Waals surface area contributed by atoms with Crippen LogP contribution in [0.4, 0.5) is 9.52 Å². The van der Waals surface area contributed by atoms with Gasteiger partial charge in [-0.15, -0.1) is 0 Å². The topological polar surface area (TPSA) is 45.2 Å². The van der Waals surface area contributed by atoms with Gasteiger partial charge in [-0.2, -0.15) is 0 Å². The molecule has 100 valence electrons. The van der Waals surface area contributed by atoms with Crippen LogP contribution < -0.4 is 5.32 Å². The first-order chi connectivity index (χ1) is 9.22. The number of carbonyl (C=O) groups excluding carboxylic acids is 1. The minimum atomic E-state index is -0.268. The molecule has 0 atom stereocenters. The van der Waals surface area contributed by atoms with E-state index < -0.39 is 0 Å². The first kappa shape index (κ1) is 12.3. The summed E-state index contributed by atoms with van der Waals surface area (Å²) in [7, 11) is 0. The van der Waals surface area contributed by atoms with E-state index in [1.54, 1.807) is 6.07 Å². The van der Waals surface area contributed by atoms with Crippen LogP contribution in [0.25, 0.3) is 10.2 Å². The minimum Gasteiger partial charge on any atom is -0.352 e. The van der Waals surface area contributed by atoms with E-state index in [1.807, 2.05) is 4.90 Å². The van der Waals surface area contributed by atoms with E-state index in [4.69, 9.17) is 0 Å². The number of aromatic nitrogens is 1. The lowest BCUT2D eigenvalue weighted by Crippen LogP contribution is -2.32. The van der Waals surface area contributed by atoms with Crippen LogP contribution in [0.15, 0.2) is 18.2 Å². The number of benzene rings is 1. The predicted molar refractivity (Wildman–Crippen MR) is 73.9 cm³/mol. The van der Waals surface area contributed by atoms with Crippen molar-refractivity contribution in [1.82, 2.24) is 9.88 Å². The van der Waals surface area contributed by atoms with Crippen molar-refractivity contribution in [1.29, 1.82) is 0 Å². The van der Waals surface area contributed by atoms with Crippen LogP contribution >= 0.6 is 11.3 Å². The Hall–Kier alpha value is -1.69. The summed E-state index contributed by atoms with van der Waals surface area (Å²) in [5.74, 6) is -0.168. The number of carbonyl (C=O) groups is 1. The van der Waals surface area contributed by atoms with Gasteiger partial charge in [0.15, 0.2) is 5.13 Å². The molecule has 2 heterocycles. The standard InChI is InChI=1S/C13H14FN3OS/c14-9-3-4-10-11(7-9)19-13(16-10)15-8-12(18)17-5-1-2-6-17/h3-4,7H,1-2,5-6,8H2,(H,15,16). The Morgan fingerprint density at radius 1 is 1.42 bits per heavy atom. The van der Waals surface area contributed by atoms with Gasteiger partial charge in [0.1, 0.15) is 5.82 Å². The van der Waals surface area contributed by atoms with Crippen molar-refractivity contribution >= 4 is 32.6 Å². The average Bonchev–Trinajstić information content (AvgIpc) is 3.04. The van der Waals surface area contributed by atoms with Crippen molar-refractivity contribution in [2.24, 2.45) is 0 Å². The number of anilines is 1. The second kappa shape index (κ2) is 5.13. The van der Waals surface area contributed by atoms with Gasteiger partial charge < -0.3 is 10.2 Å². The molecular formula is C13H14FN3OS. The van der Waals surface area contributed by atoms with Crippen molar-refractivity contribution < 1.29 is 9.18 Å². The van der Waals surface area contributed by atoms with E-state index in [-0.39, 0.29) is 18.3 Å². The third-order valence-electron chi connectivity index (χ3n) is 3.20. The molecule has 0 unspecified atom stereocenters. The average molecular weight is 279 g/mol. The molecule has 19 heavy (non-hydrogen) atoms. The molecular weight excluding hydrogens is 265 g/mol. The van der Waals surface area contributed by atoms with Crippen LogP contribution in [0.3, 0.4) is 0 Å². The molecule has 1 aromatic carbocycles. The Balaban J connectivity index is 1.66. The smallest absolute Gasteiger partial charge is 0.241 e. The SMILES string of the molecule is O=C(CNc1nc2ccc(F)cc2s1)N1CCCC1. The monoisotopic (exact) mass is 279 g/mol. The van der Waals surface area contributed by atoms with Crippen molar-refractivity contribution in [2.45, 2.75) is 12.8 Å². The van der Waals surface area contributed by atoms with Crippen LogP contribution in [0.5, 0.6) is 0 Å². The van der Waals surface area contributed by atoms with E-state index in [1.165, 1.54) is 23.5 Å². The second-order valence-corrected chi connectivity index (χ2v) is 5.60. The number of rotatable bonds is 3. The van der Waals surface area contributed by atoms with Crippen molar-refractivity contribution in [3.8, 4) is 0 Å². The van der Waals surface area contributed by atoms with Crippen molar-refractivity contribution in [3.05, 3.63) is 24.0 Å². The predicted octanol–water partition coefficient (Wildman–Crippen LogP) is 2.47. The highest BCUT2D eigenvalue weighted by molar-refractivity contribution is 7.22. The molecule has 1 aliphatic heterocycles. The first-order valence-corrected chi connectivity index (χ1v) is 7.12. The number of fused-ring (bicyclic) bond motifs is 1. The lowest BCUT2D eigenvalue weighted by Gasteiger charge is -2.14. The largest absolute Gasteiger partial charge is 0.352 e. The number of hydrogen-bond donors (Lipinski definition) is 1. The quantitative estimate of drug-likeness (QED) is 0.938. The third-order valence-corrected chi connectivity index (χ3v) is 4.18. The number of likely N-dealkylation sites (tertiary alicyclic amines) is 1. The van der Waals surface area contributed by atoms with E-state index in [2.05, 4.69) is 10.3 Å². The molecule has 0 saturated carbocycles. The molecule has 1 aromatic heterocycles. The zero-order chi connectivity index (χ0) is 13.2. The summed E-state index contributed by atoms with van der Waals surface area (Å²) in [5.41, 5.74) is 0.752. The van der Waals surface area contributed by atoms with Crippen LogP contribution in [-0.2, 0) is 4.79 Å². The molecule has 0 radical (unpaired) electrons. The number of nitrogens with one attached hydrogen (secondary N) is 1. The zero-order valence-electron chi connectivity index (χ0n) is 10.4. The molecule has 0 bridgehead atoms. The molecule has 3 rings (SSSR count). The normalized spacial score (nSPS) is 15.1. The number of amides is 1. The summed E-state index contributed by atoms with van der Waals surface area (Å²) >= 11 is 1.36. The Kier molecular flexibility index (Phi) is 3.33. The summed E-state index contributed by atoms with van der Waals surface area (Å²) in [5, 5.41) is 3.68. The summed E-state index contributed by atoms with van der Waals surface area (Å²) in [6.45, 7) is 1.96. The molecule has 0 spiro atoms. The van der Waals surface area contributed by atoms with Gasteiger partial charge in [0.05, 0.1) is 16.8 Å². The second-order valence-electron chi connectivity index (χ2n) is 4.57. The number of hydrogen-bond acceptors (Lipinski definition) is 4. The van der Waals surface area contributed by atoms with Crippen LogP contribution in [-0.4, -0.2) is 35.4 Å². The van der Waals surface area contributed by atoms with Gasteiger partial charge >= 0.3 is 0 Å². The molecule has 1 aliphatic rings. The lowest BCUT2D eigenvalue weighted by molar-refractivity contribution is -0.128. The molecule has 4 nitrogen and oxygen atoms in total. The highest BCUT2D eigenvalue weighted by Gasteiger charge is 2.17. The maximum atomic E-state index is 13.1. The molecule has 2 aromatic rings. The highest BCUT2D eigenvalue weighted by Crippen LogP contribution is 2.26. The lowest BCUT2D eigenvalue weighted by atomic mass is 10.3. The van der Waals surface area contributed by atoms with Crippen molar-refractivity contribution in [2.75, 3.05) is 25.0 Å². The van der Waals surface area contributed by atoms with Gasteiger partial charge in [-0.1, -0.05) is 11.3 Å². The van der Waals surface area contributed by atoms with Crippen molar-refractivity contribution in [3.63, 3.8) is 0 Å². The maximum absolute atomic E-state index is 13.1. The molecule has 6 heteroatoms. The minimum absolute atomic E-state index is 0.0999. The molecule has 1 fully saturated rings. The van der Waals surface area contributed by atoms with Gasteiger partial charge in [0.2, 0.25) is 5.91 Å². The highest BCUT2D eigenvalue weighted by atomic mass is 32.1. The van der Waals surface area contributed by atoms with Crippen LogP contribution in [0, 0.1) is 5.82 Å². The fourth-order valence-electron chi connectivity index (χ4n) is 2.20. The van der Waals surface area contributed by atoms with Gasteiger partial charge in [-0.05, 0) is 31.0 Å². The summed E-state index contributed by atoms with van der Waals surface area (Å²) in [4.78, 5) is 18.1. The summed E-state index contributed by atoms with van der Waals surface area (Å²) in [6.07, 6.45) is 2.18. The number of thiazole rings is 1. The molecule has 1 amide bonds. The summed E-state index contributed by atoms with van der Waals surface area (Å²) < 4.78 is 13.9. The Labute approximate surface area is 114 Å². The number of halogens is 1. The van der Waals surface area contributed by atoms with Crippen LogP contribution in [0.2, 0.25) is 0 Å². The molecule has 0 aliphatic carbocycles. The fraction of sp³-hybridized carbons (Fsp3) is 0.385. The molecule has 1 saturated heterocycles. The Morgan fingerprint density at radius 2 is 2.21 bits per heavy atom. The zero-order valence-corrected chi connectivity index (χ0v) is 11.2. The first-order valence-electron chi connectivity index (χ1n) is 6.30. The number of nitrogens with zero attached hydrogens (tertiary/aromatic N) is 2. The van der Waals surface area contributed by atoms with E-state index in [0.717, 1.165) is 36.1 Å². The van der Waals surface area contributed by atoms with Gasteiger partial charge in [-0.25, -0.2) is 9.37 Å². The van der Waals surface area contributed by atoms with Gasteiger partial charge in [0, 0.05) is 13.1 Å². The van der Waals surface area contributed by atoms with E-state index >= 15 is 0 Å². The van der Waals surface area contributed by atoms with Gasteiger partial charge in [-0.3, -0.25) is 4.79 Å². The Morgan fingerprint density at radius 3 is 3.00 bits per heavy atom. The summed E-state index contributed by atoms with van der Waals surface area (Å²) in [6, 6.07) is 4.50. The van der Waals surface area contributed by atoms with E-state index in [9.17, 15) is 9.18 Å². The van der Waals surface area contributed by atoms with Gasteiger partial charge in [0.25, 0.3) is 0 Å². The molecule has 1 N–H and O–H groups in total.